The zero-order valence-electron chi connectivity index (χ0n) is 14.5. The number of rotatable bonds is 6. The standard InChI is InChI=1S/C18H16N6OS2/c1-12-3-5-13(6-4-12)20-15(25)9-16-21-14(10-26-16)11-27-18-22-17-19-7-2-8-24(17)23-18/h2-8,10H,9,11H2,1H3,(H,20,25). The number of hydrogen-bond donors (Lipinski definition) is 1. The molecule has 4 aromatic rings. The van der Waals surface area contributed by atoms with Crippen LogP contribution >= 0.6 is 23.1 Å². The Bertz CT molecular complexity index is 1040. The molecular formula is C18H16N6OS2. The van der Waals surface area contributed by atoms with Crippen molar-refractivity contribution < 1.29 is 4.79 Å². The quantitative estimate of drug-likeness (QED) is 0.503. The molecule has 1 N–H and O–H groups in total. The van der Waals surface area contributed by atoms with Crippen LogP contribution in [0.1, 0.15) is 16.3 Å². The van der Waals surface area contributed by atoms with E-state index in [-0.39, 0.29) is 12.3 Å². The lowest BCUT2D eigenvalue weighted by Crippen LogP contribution is -2.14. The lowest BCUT2D eigenvalue weighted by Gasteiger charge is -2.04. The highest BCUT2D eigenvalue weighted by atomic mass is 32.2. The third kappa shape index (κ3) is 4.50. The molecule has 9 heteroatoms. The second-order valence-electron chi connectivity index (χ2n) is 5.87. The van der Waals surface area contributed by atoms with Gasteiger partial charge >= 0.3 is 0 Å². The van der Waals surface area contributed by atoms with E-state index in [1.54, 1.807) is 10.7 Å². The Morgan fingerprint density at radius 1 is 1.26 bits per heavy atom. The monoisotopic (exact) mass is 396 g/mol. The molecule has 0 saturated heterocycles. The zero-order chi connectivity index (χ0) is 18.6. The van der Waals surface area contributed by atoms with Crippen molar-refractivity contribution in [3.63, 3.8) is 0 Å². The van der Waals surface area contributed by atoms with Crippen LogP contribution in [-0.4, -0.2) is 30.5 Å². The van der Waals surface area contributed by atoms with Gasteiger partial charge in [0.15, 0.2) is 0 Å². The maximum absolute atomic E-state index is 12.2. The summed E-state index contributed by atoms with van der Waals surface area (Å²) in [6, 6.07) is 9.54. The molecule has 136 valence electrons. The predicted octanol–water partition coefficient (Wildman–Crippen LogP) is 3.36. The van der Waals surface area contributed by atoms with Gasteiger partial charge < -0.3 is 5.32 Å². The van der Waals surface area contributed by atoms with E-state index in [9.17, 15) is 4.79 Å². The Morgan fingerprint density at radius 3 is 2.93 bits per heavy atom. The number of aryl methyl sites for hydroxylation is 1. The summed E-state index contributed by atoms with van der Waals surface area (Å²) in [7, 11) is 0. The highest BCUT2D eigenvalue weighted by Gasteiger charge is 2.10. The number of amides is 1. The summed E-state index contributed by atoms with van der Waals surface area (Å²) in [6.07, 6.45) is 3.76. The van der Waals surface area contributed by atoms with Gasteiger partial charge in [0.1, 0.15) is 5.01 Å². The highest BCUT2D eigenvalue weighted by molar-refractivity contribution is 7.98. The van der Waals surface area contributed by atoms with Gasteiger partial charge in [0, 0.05) is 29.2 Å². The number of anilines is 1. The number of benzene rings is 1. The smallest absolute Gasteiger partial charge is 0.253 e. The van der Waals surface area contributed by atoms with Crippen LogP contribution in [0.4, 0.5) is 5.69 Å². The summed E-state index contributed by atoms with van der Waals surface area (Å²) in [5.74, 6) is 1.15. The molecule has 0 radical (unpaired) electrons. The SMILES string of the molecule is Cc1ccc(NC(=O)Cc2nc(CSc3nc4ncccn4n3)cs2)cc1. The molecule has 7 nitrogen and oxygen atoms in total. The van der Waals surface area contributed by atoms with Crippen LogP contribution in [0.25, 0.3) is 5.78 Å². The fraction of sp³-hybridized carbons (Fsp3) is 0.167. The van der Waals surface area contributed by atoms with Crippen LogP contribution in [0.2, 0.25) is 0 Å². The van der Waals surface area contributed by atoms with E-state index >= 15 is 0 Å². The number of nitrogens with zero attached hydrogens (tertiary/aromatic N) is 5. The molecule has 0 unspecified atom stereocenters. The number of thioether (sulfide) groups is 1. The molecule has 0 aliphatic carbocycles. The maximum Gasteiger partial charge on any atom is 0.253 e. The molecule has 4 rings (SSSR count). The first-order chi connectivity index (χ1) is 13.2. The van der Waals surface area contributed by atoms with Crippen LogP contribution in [0.15, 0.2) is 53.3 Å². The van der Waals surface area contributed by atoms with Crippen molar-refractivity contribution in [2.24, 2.45) is 0 Å². The maximum atomic E-state index is 12.2. The van der Waals surface area contributed by atoms with Crippen LogP contribution in [0.3, 0.4) is 0 Å². The van der Waals surface area contributed by atoms with Gasteiger partial charge in [0.05, 0.1) is 12.1 Å². The molecule has 1 aromatic carbocycles. The summed E-state index contributed by atoms with van der Waals surface area (Å²) in [5, 5.41) is 10.7. The number of hydrogen-bond acceptors (Lipinski definition) is 7. The number of thiazole rings is 1. The number of carbonyl (C=O) groups excluding carboxylic acids is 1. The van der Waals surface area contributed by atoms with Crippen molar-refractivity contribution in [3.05, 3.63) is 64.4 Å². The van der Waals surface area contributed by atoms with Crippen molar-refractivity contribution in [2.75, 3.05) is 5.32 Å². The number of aromatic nitrogens is 5. The first kappa shape index (κ1) is 17.6. The van der Waals surface area contributed by atoms with E-state index in [0.717, 1.165) is 22.0 Å². The van der Waals surface area contributed by atoms with E-state index in [1.807, 2.05) is 48.8 Å². The molecule has 0 aliphatic rings. The molecule has 0 aliphatic heterocycles. The summed E-state index contributed by atoms with van der Waals surface area (Å²) >= 11 is 2.98. The Labute approximate surface area is 163 Å². The minimum atomic E-state index is -0.0690. The van der Waals surface area contributed by atoms with E-state index in [1.165, 1.54) is 23.1 Å². The fourth-order valence-corrected chi connectivity index (χ4v) is 4.00. The minimum absolute atomic E-state index is 0.0690. The van der Waals surface area contributed by atoms with Crippen molar-refractivity contribution in [1.29, 1.82) is 0 Å². The fourth-order valence-electron chi connectivity index (χ4n) is 2.39. The van der Waals surface area contributed by atoms with Gasteiger partial charge in [-0.2, -0.15) is 4.98 Å². The second kappa shape index (κ2) is 7.85. The van der Waals surface area contributed by atoms with E-state index in [4.69, 9.17) is 0 Å². The number of nitrogens with one attached hydrogen (secondary N) is 1. The Balaban J connectivity index is 1.32. The van der Waals surface area contributed by atoms with Gasteiger partial charge in [-0.3, -0.25) is 4.79 Å². The molecule has 3 heterocycles. The van der Waals surface area contributed by atoms with Crippen LogP contribution in [-0.2, 0) is 17.0 Å². The van der Waals surface area contributed by atoms with Crippen LogP contribution < -0.4 is 5.32 Å². The first-order valence-corrected chi connectivity index (χ1v) is 10.1. The van der Waals surface area contributed by atoms with Crippen LogP contribution in [0.5, 0.6) is 0 Å². The van der Waals surface area contributed by atoms with Crippen molar-refractivity contribution in [3.8, 4) is 0 Å². The third-order valence-electron chi connectivity index (χ3n) is 3.69. The Morgan fingerprint density at radius 2 is 2.11 bits per heavy atom. The molecule has 27 heavy (non-hydrogen) atoms. The summed E-state index contributed by atoms with van der Waals surface area (Å²) in [5.41, 5.74) is 2.87. The van der Waals surface area contributed by atoms with Gasteiger partial charge in [-0.1, -0.05) is 29.5 Å². The summed E-state index contributed by atoms with van der Waals surface area (Å²) in [6.45, 7) is 2.01. The molecule has 0 bridgehead atoms. The molecular weight excluding hydrogens is 380 g/mol. The van der Waals surface area contributed by atoms with Gasteiger partial charge in [-0.25, -0.2) is 14.5 Å². The zero-order valence-corrected chi connectivity index (χ0v) is 16.1. The van der Waals surface area contributed by atoms with Gasteiger partial charge in [0.25, 0.3) is 5.78 Å². The molecule has 0 fully saturated rings. The van der Waals surface area contributed by atoms with Crippen molar-refractivity contribution in [2.45, 2.75) is 24.3 Å². The summed E-state index contributed by atoms with van der Waals surface area (Å²) < 4.78 is 1.64. The number of fused-ring (bicyclic) bond motifs is 1. The lowest BCUT2D eigenvalue weighted by atomic mass is 10.2. The van der Waals surface area contributed by atoms with Gasteiger partial charge in [-0.05, 0) is 25.1 Å². The van der Waals surface area contributed by atoms with Crippen molar-refractivity contribution in [1.82, 2.24) is 24.6 Å². The first-order valence-electron chi connectivity index (χ1n) is 8.26. The highest BCUT2D eigenvalue weighted by Crippen LogP contribution is 2.21. The minimum Gasteiger partial charge on any atom is -0.326 e. The molecule has 1 amide bonds. The number of carbonyl (C=O) groups is 1. The Hall–Kier alpha value is -2.78. The lowest BCUT2D eigenvalue weighted by molar-refractivity contribution is -0.115. The normalized spacial score (nSPS) is 11.0. The molecule has 0 saturated carbocycles. The largest absolute Gasteiger partial charge is 0.326 e. The topological polar surface area (TPSA) is 85.1 Å². The second-order valence-corrected chi connectivity index (χ2v) is 7.76. The van der Waals surface area contributed by atoms with Gasteiger partial charge in [0.2, 0.25) is 11.1 Å². The van der Waals surface area contributed by atoms with E-state index in [2.05, 4.69) is 25.4 Å². The van der Waals surface area contributed by atoms with E-state index < -0.39 is 0 Å². The molecule has 0 spiro atoms. The van der Waals surface area contributed by atoms with Crippen LogP contribution in [0, 0.1) is 6.92 Å². The van der Waals surface area contributed by atoms with Crippen molar-refractivity contribution >= 4 is 40.5 Å². The average molecular weight is 397 g/mol. The molecule has 0 atom stereocenters. The Kier molecular flexibility index (Phi) is 5.12. The predicted molar refractivity (Wildman–Crippen MR) is 106 cm³/mol. The third-order valence-corrected chi connectivity index (χ3v) is 5.46. The van der Waals surface area contributed by atoms with E-state index in [0.29, 0.717) is 16.7 Å². The summed E-state index contributed by atoms with van der Waals surface area (Å²) in [4.78, 5) is 25.2. The van der Waals surface area contributed by atoms with Gasteiger partial charge in [-0.15, -0.1) is 16.4 Å². The molecule has 3 aromatic heterocycles. The average Bonchev–Trinajstić information content (AvgIpc) is 3.28.